The number of hydrogen-bond donors (Lipinski definition) is 2. The quantitative estimate of drug-likeness (QED) is 0.396. The summed E-state index contributed by atoms with van der Waals surface area (Å²) in [5, 5.41) is 6.19. The monoisotopic (exact) mass is 359 g/mol. The molecule has 1 aromatic rings. The lowest BCUT2D eigenvalue weighted by Gasteiger charge is -2.14. The molecule has 0 bridgehead atoms. The predicted octanol–water partition coefficient (Wildman–Crippen LogP) is 1.46. The number of sulfone groups is 1. The Morgan fingerprint density at radius 2 is 2.04 bits per heavy atom. The summed E-state index contributed by atoms with van der Waals surface area (Å²) in [6.07, 6.45) is 2.00. The van der Waals surface area contributed by atoms with Gasteiger partial charge < -0.3 is 15.4 Å². The average Bonchev–Trinajstić information content (AvgIpc) is 2.51. The van der Waals surface area contributed by atoms with Crippen molar-refractivity contribution in [2.75, 3.05) is 33.1 Å². The van der Waals surface area contributed by atoms with E-state index in [4.69, 9.17) is 4.74 Å². The molecule has 1 aromatic carbocycles. The molecule has 0 aliphatic rings. The van der Waals surface area contributed by atoms with Crippen molar-refractivity contribution >= 4 is 15.8 Å². The van der Waals surface area contributed by atoms with Crippen LogP contribution in [0.2, 0.25) is 0 Å². The first-order valence-electron chi connectivity index (χ1n) is 7.83. The smallest absolute Gasteiger partial charge is 0.191 e. The summed E-state index contributed by atoms with van der Waals surface area (Å²) in [5.74, 6) is 0.0507. The summed E-state index contributed by atoms with van der Waals surface area (Å²) < 4.78 is 41.7. The van der Waals surface area contributed by atoms with Crippen molar-refractivity contribution < 1.29 is 17.5 Å². The first-order chi connectivity index (χ1) is 11.4. The fourth-order valence-electron chi connectivity index (χ4n) is 2.11. The Bertz CT molecular complexity index is 648. The van der Waals surface area contributed by atoms with Crippen LogP contribution in [0.4, 0.5) is 4.39 Å². The lowest BCUT2D eigenvalue weighted by Crippen LogP contribution is -2.37. The van der Waals surface area contributed by atoms with Gasteiger partial charge in [0.2, 0.25) is 0 Å². The molecule has 0 saturated carbocycles. The van der Waals surface area contributed by atoms with E-state index in [2.05, 4.69) is 15.6 Å². The predicted molar refractivity (Wildman–Crippen MR) is 94.3 cm³/mol. The minimum Gasteiger partial charge on any atom is -0.382 e. The molecule has 0 radical (unpaired) electrons. The van der Waals surface area contributed by atoms with Gasteiger partial charge in [-0.25, -0.2) is 12.8 Å². The molecule has 136 valence electrons. The second-order valence-corrected chi connectivity index (χ2v) is 7.53. The Morgan fingerprint density at radius 1 is 1.29 bits per heavy atom. The summed E-state index contributed by atoms with van der Waals surface area (Å²) >= 11 is 0. The topological polar surface area (TPSA) is 79.8 Å². The second-order valence-electron chi connectivity index (χ2n) is 5.39. The maximum atomic E-state index is 13.5. The fraction of sp³-hybridized carbons (Fsp3) is 0.562. The molecule has 0 heterocycles. The van der Waals surface area contributed by atoms with E-state index in [0.717, 1.165) is 12.7 Å². The third-order valence-corrected chi connectivity index (χ3v) is 4.05. The van der Waals surface area contributed by atoms with Gasteiger partial charge in [-0.3, -0.25) is 4.99 Å². The highest BCUT2D eigenvalue weighted by molar-refractivity contribution is 7.89. The van der Waals surface area contributed by atoms with Gasteiger partial charge in [0.05, 0.1) is 5.75 Å². The fourth-order valence-corrected chi connectivity index (χ4v) is 2.95. The number of benzene rings is 1. The third-order valence-electron chi connectivity index (χ3n) is 3.22. The molecule has 0 spiro atoms. The lowest BCUT2D eigenvalue weighted by atomic mass is 10.1. The Labute approximate surface area is 143 Å². The van der Waals surface area contributed by atoms with Gasteiger partial charge in [0, 0.05) is 39.6 Å². The van der Waals surface area contributed by atoms with Crippen LogP contribution in [0, 0.1) is 5.82 Å². The summed E-state index contributed by atoms with van der Waals surface area (Å²) in [7, 11) is -1.55. The molecule has 0 atom stereocenters. The molecule has 0 unspecified atom stereocenters. The van der Waals surface area contributed by atoms with Crippen LogP contribution >= 0.6 is 0 Å². The van der Waals surface area contributed by atoms with Crippen LogP contribution in [0.1, 0.15) is 24.5 Å². The van der Waals surface area contributed by atoms with Crippen LogP contribution in [-0.2, 0) is 26.9 Å². The minimum absolute atomic E-state index is 0.120. The van der Waals surface area contributed by atoms with Crippen molar-refractivity contribution in [1.29, 1.82) is 0 Å². The Balaban J connectivity index is 2.62. The zero-order chi connectivity index (χ0) is 18.0. The number of rotatable bonds is 9. The van der Waals surface area contributed by atoms with Crippen molar-refractivity contribution in [1.82, 2.24) is 10.6 Å². The molecule has 0 amide bonds. The zero-order valence-electron chi connectivity index (χ0n) is 14.4. The average molecular weight is 359 g/mol. The van der Waals surface area contributed by atoms with Gasteiger partial charge in [-0.05, 0) is 36.6 Å². The van der Waals surface area contributed by atoms with E-state index in [-0.39, 0.29) is 12.3 Å². The van der Waals surface area contributed by atoms with Gasteiger partial charge >= 0.3 is 0 Å². The van der Waals surface area contributed by atoms with E-state index in [1.807, 2.05) is 6.92 Å². The SMILES string of the molecule is CCOCCCNC(=NC)NCc1cc(F)ccc1CS(C)(=O)=O. The summed E-state index contributed by atoms with van der Waals surface area (Å²) in [6.45, 7) is 4.28. The first-order valence-corrected chi connectivity index (χ1v) is 9.89. The van der Waals surface area contributed by atoms with Gasteiger partial charge in [0.15, 0.2) is 15.8 Å². The highest BCUT2D eigenvalue weighted by Gasteiger charge is 2.11. The number of hydrogen-bond acceptors (Lipinski definition) is 4. The van der Waals surface area contributed by atoms with E-state index in [1.165, 1.54) is 18.2 Å². The maximum Gasteiger partial charge on any atom is 0.191 e. The summed E-state index contributed by atoms with van der Waals surface area (Å²) in [6, 6.07) is 4.12. The number of nitrogens with one attached hydrogen (secondary N) is 2. The number of ether oxygens (including phenoxy) is 1. The molecule has 2 N–H and O–H groups in total. The molecule has 0 aliphatic carbocycles. The Morgan fingerprint density at radius 3 is 2.67 bits per heavy atom. The highest BCUT2D eigenvalue weighted by atomic mass is 32.2. The van der Waals surface area contributed by atoms with E-state index in [1.54, 1.807) is 7.05 Å². The van der Waals surface area contributed by atoms with Gasteiger partial charge in [-0.1, -0.05) is 6.07 Å². The number of guanidine groups is 1. The minimum atomic E-state index is -3.19. The van der Waals surface area contributed by atoms with Crippen LogP contribution in [0.25, 0.3) is 0 Å². The van der Waals surface area contributed by atoms with Crippen molar-refractivity contribution in [3.05, 3.63) is 35.1 Å². The third kappa shape index (κ3) is 8.26. The van der Waals surface area contributed by atoms with Crippen LogP contribution < -0.4 is 10.6 Å². The van der Waals surface area contributed by atoms with E-state index < -0.39 is 15.7 Å². The Kier molecular flexibility index (Phi) is 8.70. The van der Waals surface area contributed by atoms with Crippen molar-refractivity contribution in [3.63, 3.8) is 0 Å². The molecule has 0 saturated heterocycles. The van der Waals surface area contributed by atoms with Crippen LogP contribution in [0.15, 0.2) is 23.2 Å². The molecule has 24 heavy (non-hydrogen) atoms. The molecule has 0 fully saturated rings. The number of aliphatic imine (C=N–C) groups is 1. The molecular weight excluding hydrogens is 333 g/mol. The van der Waals surface area contributed by atoms with E-state index >= 15 is 0 Å². The van der Waals surface area contributed by atoms with Crippen LogP contribution in [0.5, 0.6) is 0 Å². The van der Waals surface area contributed by atoms with Crippen molar-refractivity contribution in [2.24, 2.45) is 4.99 Å². The number of halogens is 1. The molecule has 0 aromatic heterocycles. The number of nitrogens with zero attached hydrogens (tertiary/aromatic N) is 1. The lowest BCUT2D eigenvalue weighted by molar-refractivity contribution is 0.145. The van der Waals surface area contributed by atoms with Gasteiger partial charge in [0.1, 0.15) is 5.82 Å². The van der Waals surface area contributed by atoms with Crippen molar-refractivity contribution in [2.45, 2.75) is 25.6 Å². The summed E-state index contributed by atoms with van der Waals surface area (Å²) in [4.78, 5) is 4.09. The molecular formula is C16H26FN3O3S. The van der Waals surface area contributed by atoms with E-state index in [0.29, 0.717) is 36.8 Å². The van der Waals surface area contributed by atoms with Crippen LogP contribution in [0.3, 0.4) is 0 Å². The molecule has 8 heteroatoms. The van der Waals surface area contributed by atoms with Gasteiger partial charge in [0.25, 0.3) is 0 Å². The normalized spacial score (nSPS) is 12.2. The molecule has 6 nitrogen and oxygen atoms in total. The van der Waals surface area contributed by atoms with Gasteiger partial charge in [-0.15, -0.1) is 0 Å². The summed E-state index contributed by atoms with van der Waals surface area (Å²) in [5.41, 5.74) is 1.18. The van der Waals surface area contributed by atoms with E-state index in [9.17, 15) is 12.8 Å². The van der Waals surface area contributed by atoms with Gasteiger partial charge in [-0.2, -0.15) is 0 Å². The largest absolute Gasteiger partial charge is 0.382 e. The Hall–Kier alpha value is -1.67. The molecule has 0 aliphatic heterocycles. The zero-order valence-corrected chi connectivity index (χ0v) is 15.2. The first kappa shape index (κ1) is 20.4. The molecule has 1 rings (SSSR count). The highest BCUT2D eigenvalue weighted by Crippen LogP contribution is 2.14. The van der Waals surface area contributed by atoms with Crippen LogP contribution in [-0.4, -0.2) is 47.4 Å². The standard InChI is InChI=1S/C16H26FN3O3S/c1-4-23-9-5-8-19-16(18-2)20-11-14-10-15(17)7-6-13(14)12-24(3,21)22/h6-7,10H,4-5,8-9,11-12H2,1-3H3,(H2,18,19,20). The maximum absolute atomic E-state index is 13.5. The van der Waals surface area contributed by atoms with Crippen molar-refractivity contribution in [3.8, 4) is 0 Å². The second kappa shape index (κ2) is 10.2.